The van der Waals surface area contributed by atoms with Gasteiger partial charge in [0.25, 0.3) is 5.56 Å². The number of nitrogens with one attached hydrogen (secondary N) is 2. The maximum Gasteiger partial charge on any atom is 0.285 e. The minimum atomic E-state index is -0.489. The van der Waals surface area contributed by atoms with Crippen LogP contribution < -0.4 is 15.7 Å². The van der Waals surface area contributed by atoms with Gasteiger partial charge in [-0.2, -0.15) is 10.2 Å². The summed E-state index contributed by atoms with van der Waals surface area (Å²) >= 11 is 11.9. The van der Waals surface area contributed by atoms with Crippen molar-refractivity contribution >= 4 is 35.1 Å². The van der Waals surface area contributed by atoms with Crippen molar-refractivity contribution in [3.05, 3.63) is 86.3 Å². The molecule has 0 unspecified atom stereocenters. The van der Waals surface area contributed by atoms with Crippen LogP contribution >= 0.6 is 23.2 Å². The maximum atomic E-state index is 11.4. The molecule has 0 aliphatic heterocycles. The normalized spacial score (nSPS) is 10.8. The number of hydrogen-bond donors (Lipinski definition) is 2. The summed E-state index contributed by atoms with van der Waals surface area (Å²) in [4.78, 5) is 11.4. The fraction of sp³-hybridized carbons (Fsp3) is 0.0556. The monoisotopic (exact) mass is 388 g/mol. The number of halogens is 2. The number of nitrogens with zero attached hydrogens (tertiary/aromatic N) is 2. The maximum absolute atomic E-state index is 11.4. The molecular weight excluding hydrogens is 375 g/mol. The predicted molar refractivity (Wildman–Crippen MR) is 103 cm³/mol. The Morgan fingerprint density at radius 3 is 2.88 bits per heavy atom. The lowest BCUT2D eigenvalue weighted by Crippen LogP contribution is -2.10. The molecule has 2 N–H and O–H groups in total. The summed E-state index contributed by atoms with van der Waals surface area (Å²) in [6.45, 7) is 0.378. The SMILES string of the molecule is O=c1[nH]ncc(N/N=C/c2ccccc2OCc2cccc(Cl)c2)c1Cl. The van der Waals surface area contributed by atoms with Crippen molar-refractivity contribution in [2.45, 2.75) is 6.61 Å². The van der Waals surface area contributed by atoms with Crippen LogP contribution in [0.4, 0.5) is 5.69 Å². The van der Waals surface area contributed by atoms with Gasteiger partial charge < -0.3 is 4.74 Å². The number of hydrazone groups is 1. The van der Waals surface area contributed by atoms with E-state index in [1.165, 1.54) is 6.20 Å². The van der Waals surface area contributed by atoms with Gasteiger partial charge in [0.2, 0.25) is 0 Å². The zero-order chi connectivity index (χ0) is 18.4. The van der Waals surface area contributed by atoms with Gasteiger partial charge in [-0.1, -0.05) is 47.5 Å². The van der Waals surface area contributed by atoms with E-state index < -0.39 is 5.56 Å². The number of aromatic nitrogens is 2. The van der Waals surface area contributed by atoms with Gasteiger partial charge in [0.05, 0.1) is 12.4 Å². The van der Waals surface area contributed by atoms with Crippen molar-refractivity contribution in [2.24, 2.45) is 5.10 Å². The number of ether oxygens (including phenoxy) is 1. The summed E-state index contributed by atoms with van der Waals surface area (Å²) in [7, 11) is 0. The molecule has 0 amide bonds. The van der Waals surface area contributed by atoms with Crippen LogP contribution in [0.1, 0.15) is 11.1 Å². The van der Waals surface area contributed by atoms with Gasteiger partial charge in [-0.3, -0.25) is 10.2 Å². The molecule has 3 aromatic rings. The Kier molecular flexibility index (Phi) is 5.88. The van der Waals surface area contributed by atoms with Gasteiger partial charge in [0.15, 0.2) is 0 Å². The Labute approximate surface area is 159 Å². The second kappa shape index (κ2) is 8.51. The van der Waals surface area contributed by atoms with Crippen LogP contribution in [0.3, 0.4) is 0 Å². The lowest BCUT2D eigenvalue weighted by molar-refractivity contribution is 0.306. The molecule has 0 saturated heterocycles. The predicted octanol–water partition coefficient (Wildman–Crippen LogP) is 4.10. The fourth-order valence-corrected chi connectivity index (χ4v) is 2.49. The van der Waals surface area contributed by atoms with E-state index >= 15 is 0 Å². The molecule has 26 heavy (non-hydrogen) atoms. The minimum Gasteiger partial charge on any atom is -0.488 e. The molecule has 1 heterocycles. The lowest BCUT2D eigenvalue weighted by atomic mass is 10.2. The first-order valence-corrected chi connectivity index (χ1v) is 8.37. The van der Waals surface area contributed by atoms with Gasteiger partial charge >= 0.3 is 0 Å². The quantitative estimate of drug-likeness (QED) is 0.492. The molecule has 0 radical (unpaired) electrons. The van der Waals surface area contributed by atoms with Crippen LogP contribution in [-0.4, -0.2) is 16.4 Å². The Morgan fingerprint density at radius 1 is 1.19 bits per heavy atom. The first kappa shape index (κ1) is 18.0. The number of H-pyrrole nitrogens is 1. The first-order valence-electron chi connectivity index (χ1n) is 7.62. The van der Waals surface area contributed by atoms with Gasteiger partial charge in [0.1, 0.15) is 23.1 Å². The largest absolute Gasteiger partial charge is 0.488 e. The van der Waals surface area contributed by atoms with Gasteiger partial charge in [0, 0.05) is 10.6 Å². The Balaban J connectivity index is 1.70. The van der Waals surface area contributed by atoms with E-state index in [4.69, 9.17) is 27.9 Å². The average Bonchev–Trinajstić information content (AvgIpc) is 2.64. The molecule has 0 bridgehead atoms. The molecule has 0 fully saturated rings. The third kappa shape index (κ3) is 4.62. The molecule has 1 aromatic heterocycles. The lowest BCUT2D eigenvalue weighted by Gasteiger charge is -2.09. The van der Waals surface area contributed by atoms with Crippen molar-refractivity contribution in [1.82, 2.24) is 10.2 Å². The van der Waals surface area contributed by atoms with Crippen LogP contribution in [0.5, 0.6) is 5.75 Å². The molecule has 0 spiro atoms. The van der Waals surface area contributed by atoms with Crippen LogP contribution in [-0.2, 0) is 6.61 Å². The van der Waals surface area contributed by atoms with Crippen molar-refractivity contribution in [3.63, 3.8) is 0 Å². The fourth-order valence-electron chi connectivity index (χ4n) is 2.14. The van der Waals surface area contributed by atoms with Crippen LogP contribution in [0, 0.1) is 0 Å². The minimum absolute atomic E-state index is 0.0114. The molecule has 8 heteroatoms. The Hall–Kier alpha value is -2.83. The smallest absolute Gasteiger partial charge is 0.285 e. The van der Waals surface area contributed by atoms with E-state index in [1.54, 1.807) is 6.21 Å². The number of rotatable bonds is 6. The third-order valence-corrected chi connectivity index (χ3v) is 4.00. The van der Waals surface area contributed by atoms with E-state index in [2.05, 4.69) is 20.7 Å². The molecule has 0 atom stereocenters. The molecule has 6 nitrogen and oxygen atoms in total. The highest BCUT2D eigenvalue weighted by molar-refractivity contribution is 6.32. The second-order valence-electron chi connectivity index (χ2n) is 5.25. The molecule has 3 rings (SSSR count). The number of anilines is 1. The van der Waals surface area contributed by atoms with Crippen molar-refractivity contribution in [1.29, 1.82) is 0 Å². The van der Waals surface area contributed by atoms with Crippen LogP contribution in [0.2, 0.25) is 10.0 Å². The van der Waals surface area contributed by atoms with E-state index in [1.807, 2.05) is 48.5 Å². The Bertz CT molecular complexity index is 989. The molecule has 0 aliphatic rings. The highest BCUT2D eigenvalue weighted by Gasteiger charge is 2.04. The van der Waals surface area contributed by atoms with Crippen LogP contribution in [0.25, 0.3) is 0 Å². The summed E-state index contributed by atoms with van der Waals surface area (Å²) in [6, 6.07) is 14.9. The summed E-state index contributed by atoms with van der Waals surface area (Å²) in [5.74, 6) is 0.660. The first-order chi connectivity index (χ1) is 12.6. The molecule has 2 aromatic carbocycles. The summed E-state index contributed by atoms with van der Waals surface area (Å²) in [6.07, 6.45) is 2.95. The Morgan fingerprint density at radius 2 is 2.04 bits per heavy atom. The molecule has 0 aliphatic carbocycles. The zero-order valence-electron chi connectivity index (χ0n) is 13.4. The number of benzene rings is 2. The number of aromatic amines is 1. The zero-order valence-corrected chi connectivity index (χ0v) is 15.0. The summed E-state index contributed by atoms with van der Waals surface area (Å²) in [5, 5.41) is 10.6. The number of para-hydroxylation sites is 1. The van der Waals surface area contributed by atoms with Gasteiger partial charge in [-0.05, 0) is 29.8 Å². The van der Waals surface area contributed by atoms with E-state index in [0.717, 1.165) is 11.1 Å². The van der Waals surface area contributed by atoms with Crippen molar-refractivity contribution in [3.8, 4) is 5.75 Å². The molecular formula is C18H14Cl2N4O2. The summed E-state index contributed by atoms with van der Waals surface area (Å²) in [5.41, 5.74) is 4.24. The third-order valence-electron chi connectivity index (χ3n) is 3.39. The molecule has 0 saturated carbocycles. The summed E-state index contributed by atoms with van der Waals surface area (Å²) < 4.78 is 5.85. The van der Waals surface area contributed by atoms with Gasteiger partial charge in [-0.25, -0.2) is 5.10 Å². The van der Waals surface area contributed by atoms with E-state index in [9.17, 15) is 4.79 Å². The highest BCUT2D eigenvalue weighted by Crippen LogP contribution is 2.19. The van der Waals surface area contributed by atoms with Crippen molar-refractivity contribution in [2.75, 3.05) is 5.43 Å². The highest BCUT2D eigenvalue weighted by atomic mass is 35.5. The molecule has 132 valence electrons. The second-order valence-corrected chi connectivity index (χ2v) is 6.07. The van der Waals surface area contributed by atoms with Crippen molar-refractivity contribution < 1.29 is 4.74 Å². The van der Waals surface area contributed by atoms with E-state index in [-0.39, 0.29) is 5.02 Å². The van der Waals surface area contributed by atoms with Crippen LogP contribution in [0.15, 0.2) is 64.6 Å². The number of hydrogen-bond acceptors (Lipinski definition) is 5. The van der Waals surface area contributed by atoms with Gasteiger partial charge in [-0.15, -0.1) is 0 Å². The average molecular weight is 389 g/mol. The van der Waals surface area contributed by atoms with E-state index in [0.29, 0.717) is 23.1 Å². The topological polar surface area (TPSA) is 79.4 Å². The standard InChI is InChI=1S/C18H14Cl2N4O2/c19-14-6-3-4-12(8-14)11-26-16-7-2-1-5-13(16)9-21-23-15-10-22-24-18(25)17(15)20/h1-10H,11H2,(H2,23,24,25)/b21-9+.